The maximum Gasteiger partial charge on any atom is 0.360 e. The van der Waals surface area contributed by atoms with Gasteiger partial charge >= 0.3 is 11.5 Å². The number of hydrogen-bond donors (Lipinski definition) is 1. The molecule has 20 heavy (non-hydrogen) atoms. The highest BCUT2D eigenvalue weighted by Gasteiger charge is 2.20. The average Bonchev–Trinajstić information content (AvgIpc) is 2.42. The van der Waals surface area contributed by atoms with Crippen LogP contribution in [0.25, 0.3) is 5.65 Å². The van der Waals surface area contributed by atoms with Crippen molar-refractivity contribution in [2.45, 2.75) is 0 Å². The van der Waals surface area contributed by atoms with Crippen molar-refractivity contribution < 1.29 is 14.6 Å². The first-order valence-corrected chi connectivity index (χ1v) is 6.65. The second kappa shape index (κ2) is 5.27. The molecule has 0 aliphatic carbocycles. The van der Waals surface area contributed by atoms with E-state index in [1.165, 1.54) is 4.40 Å². The summed E-state index contributed by atoms with van der Waals surface area (Å²) >= 11 is 2.01. The van der Waals surface area contributed by atoms with E-state index < -0.39 is 17.3 Å². The zero-order chi connectivity index (χ0) is 15.0. The van der Waals surface area contributed by atoms with E-state index in [1.807, 2.05) is 47.7 Å². The average molecular weight is 389 g/mol. The number of carbonyl (C=O) groups is 1. The fourth-order valence-electron chi connectivity index (χ4n) is 1.66. The third kappa shape index (κ3) is 2.30. The molecule has 2 aromatic rings. The number of halogens is 1. The molecule has 0 bridgehead atoms. The molecule has 2 heterocycles. The third-order valence-corrected chi connectivity index (χ3v) is 3.53. The normalized spacial score (nSPS) is 10.6. The molecule has 0 amide bonds. The van der Waals surface area contributed by atoms with Crippen molar-refractivity contribution >= 4 is 39.9 Å². The lowest BCUT2D eigenvalue weighted by Gasteiger charge is -2.15. The van der Waals surface area contributed by atoms with Crippen LogP contribution in [0.5, 0.6) is 5.75 Å². The minimum atomic E-state index is -0.852. The van der Waals surface area contributed by atoms with Crippen LogP contribution in [-0.2, 0) is 4.74 Å². The lowest BCUT2D eigenvalue weighted by atomic mass is 10.3. The Morgan fingerprint density at radius 3 is 2.70 bits per heavy atom. The summed E-state index contributed by atoms with van der Waals surface area (Å²) in [5.41, 5.74) is -0.0274. The lowest BCUT2D eigenvalue weighted by molar-refractivity contribution is 0.0590. The van der Waals surface area contributed by atoms with E-state index in [4.69, 9.17) is 0 Å². The largest absolute Gasteiger partial charge is 0.501 e. The molecule has 0 saturated carbocycles. The number of fused-ring (bicyclic) bond motifs is 1. The Hall–Kier alpha value is -1.84. The standard InChI is InChI=1S/C12H12IN3O4/c1-15(2)6-4-7(13)10-14-8(12(19)20-3)9(17)11(18)16(10)5-6/h4-5,17H,1-3H3. The molecule has 0 saturated heterocycles. The van der Waals surface area contributed by atoms with Gasteiger partial charge in [0.15, 0.2) is 11.3 Å². The van der Waals surface area contributed by atoms with Gasteiger partial charge in [-0.15, -0.1) is 0 Å². The number of aromatic hydroxyl groups is 1. The molecule has 0 aliphatic heterocycles. The van der Waals surface area contributed by atoms with Gasteiger partial charge in [-0.1, -0.05) is 0 Å². The van der Waals surface area contributed by atoms with Gasteiger partial charge in [-0.3, -0.25) is 9.20 Å². The highest BCUT2D eigenvalue weighted by atomic mass is 127. The van der Waals surface area contributed by atoms with Crippen LogP contribution in [0.4, 0.5) is 5.69 Å². The van der Waals surface area contributed by atoms with Gasteiger partial charge in [-0.2, -0.15) is 0 Å². The Kier molecular flexibility index (Phi) is 3.84. The minimum absolute atomic E-state index is 0.291. The number of methoxy groups -OCH3 is 1. The van der Waals surface area contributed by atoms with E-state index in [9.17, 15) is 14.7 Å². The van der Waals surface area contributed by atoms with Crippen molar-refractivity contribution in [3.05, 3.63) is 31.9 Å². The quantitative estimate of drug-likeness (QED) is 0.606. The van der Waals surface area contributed by atoms with Gasteiger partial charge in [0.05, 0.1) is 16.4 Å². The SMILES string of the molecule is COC(=O)c1nc2c(I)cc(N(C)C)cn2c(=O)c1O. The van der Waals surface area contributed by atoms with Gasteiger partial charge < -0.3 is 14.7 Å². The number of hydrogen-bond acceptors (Lipinski definition) is 6. The molecule has 2 rings (SSSR count). The first-order valence-electron chi connectivity index (χ1n) is 5.57. The Balaban J connectivity index is 2.87. The van der Waals surface area contributed by atoms with E-state index in [2.05, 4.69) is 9.72 Å². The van der Waals surface area contributed by atoms with Gasteiger partial charge in [0.25, 0.3) is 0 Å². The fraction of sp³-hybridized carbons (Fsp3) is 0.250. The minimum Gasteiger partial charge on any atom is -0.501 e. The molecule has 1 N–H and O–H groups in total. The van der Waals surface area contributed by atoms with Gasteiger partial charge in [-0.25, -0.2) is 9.78 Å². The Morgan fingerprint density at radius 2 is 2.15 bits per heavy atom. The Morgan fingerprint density at radius 1 is 1.50 bits per heavy atom. The van der Waals surface area contributed by atoms with Gasteiger partial charge in [0.2, 0.25) is 5.75 Å². The van der Waals surface area contributed by atoms with Crippen molar-refractivity contribution in [2.24, 2.45) is 0 Å². The zero-order valence-electron chi connectivity index (χ0n) is 11.0. The molecule has 0 unspecified atom stereocenters. The van der Waals surface area contributed by atoms with E-state index in [0.717, 1.165) is 12.8 Å². The highest BCUT2D eigenvalue weighted by Crippen LogP contribution is 2.21. The second-order valence-corrected chi connectivity index (χ2v) is 5.40. The maximum absolute atomic E-state index is 12.1. The summed E-state index contributed by atoms with van der Waals surface area (Å²) in [5, 5.41) is 9.80. The summed E-state index contributed by atoms with van der Waals surface area (Å²) in [6, 6.07) is 1.82. The van der Waals surface area contributed by atoms with Crippen LogP contribution in [0.1, 0.15) is 10.5 Å². The van der Waals surface area contributed by atoms with Gasteiger partial charge in [0.1, 0.15) is 0 Å². The van der Waals surface area contributed by atoms with Crippen LogP contribution in [0.3, 0.4) is 0 Å². The molecular weight excluding hydrogens is 377 g/mol. The van der Waals surface area contributed by atoms with E-state index in [1.54, 1.807) is 6.20 Å². The molecule has 106 valence electrons. The van der Waals surface area contributed by atoms with Crippen molar-refractivity contribution in [2.75, 3.05) is 26.1 Å². The molecule has 8 heteroatoms. The van der Waals surface area contributed by atoms with Crippen LogP contribution >= 0.6 is 22.6 Å². The number of rotatable bonds is 2. The number of aromatic nitrogens is 2. The van der Waals surface area contributed by atoms with Crippen molar-refractivity contribution in [1.82, 2.24) is 9.38 Å². The third-order valence-electron chi connectivity index (χ3n) is 2.74. The predicted molar refractivity (Wildman–Crippen MR) is 81.5 cm³/mol. The topological polar surface area (TPSA) is 84.1 Å². The number of nitrogens with zero attached hydrogens (tertiary/aromatic N) is 3. The molecule has 2 aromatic heterocycles. The first-order chi connectivity index (χ1) is 9.36. The van der Waals surface area contributed by atoms with Crippen molar-refractivity contribution in [3.63, 3.8) is 0 Å². The smallest absolute Gasteiger partial charge is 0.360 e. The first kappa shape index (κ1) is 14.6. The van der Waals surface area contributed by atoms with E-state index in [-0.39, 0.29) is 5.69 Å². The Labute approximate surface area is 127 Å². The number of pyridine rings is 1. The summed E-state index contributed by atoms with van der Waals surface area (Å²) in [4.78, 5) is 29.5. The second-order valence-electron chi connectivity index (χ2n) is 4.24. The summed E-state index contributed by atoms with van der Waals surface area (Å²) in [5.74, 6) is -1.57. The van der Waals surface area contributed by atoms with Crippen LogP contribution in [0.15, 0.2) is 17.1 Å². The van der Waals surface area contributed by atoms with Crippen LogP contribution in [0.2, 0.25) is 0 Å². The number of carbonyl (C=O) groups excluding carboxylic acids is 1. The molecule has 0 spiro atoms. The number of esters is 1. The zero-order valence-corrected chi connectivity index (χ0v) is 13.2. The summed E-state index contributed by atoms with van der Waals surface area (Å²) in [6.07, 6.45) is 1.55. The van der Waals surface area contributed by atoms with Crippen molar-refractivity contribution in [3.8, 4) is 5.75 Å². The van der Waals surface area contributed by atoms with Crippen LogP contribution < -0.4 is 10.5 Å². The van der Waals surface area contributed by atoms with E-state index >= 15 is 0 Å². The summed E-state index contributed by atoms with van der Waals surface area (Å²) in [7, 11) is 4.82. The van der Waals surface area contributed by atoms with Crippen LogP contribution in [-0.4, -0.2) is 41.7 Å². The van der Waals surface area contributed by atoms with Crippen molar-refractivity contribution in [1.29, 1.82) is 0 Å². The molecule has 0 aliphatic rings. The summed E-state index contributed by atoms with van der Waals surface area (Å²) in [6.45, 7) is 0. The molecule has 7 nitrogen and oxygen atoms in total. The van der Waals surface area contributed by atoms with E-state index in [0.29, 0.717) is 9.22 Å². The molecular formula is C12H12IN3O4. The maximum atomic E-state index is 12.1. The molecule has 0 fully saturated rings. The van der Waals surface area contributed by atoms with Gasteiger partial charge in [-0.05, 0) is 28.7 Å². The highest BCUT2D eigenvalue weighted by molar-refractivity contribution is 14.1. The lowest BCUT2D eigenvalue weighted by Crippen LogP contribution is -2.21. The van der Waals surface area contributed by atoms with Gasteiger partial charge in [0, 0.05) is 20.3 Å². The molecule has 0 radical (unpaired) electrons. The molecule has 0 aromatic carbocycles. The monoisotopic (exact) mass is 389 g/mol. The number of anilines is 1. The number of ether oxygens (including phenoxy) is 1. The Bertz CT molecular complexity index is 754. The predicted octanol–water partition coefficient (Wildman–Crippen LogP) is 0.857. The summed E-state index contributed by atoms with van der Waals surface area (Å²) < 4.78 is 6.39. The fourth-order valence-corrected chi connectivity index (χ4v) is 2.36. The van der Waals surface area contributed by atoms with Crippen LogP contribution in [0, 0.1) is 3.57 Å². The molecule has 0 atom stereocenters.